The molecular weight excluding hydrogens is 182 g/mol. The standard InChI is InChI=1S/C3H13N7O3/c1-5-9(7-4)10(11)13-8-6-3-2-12-3/h3,5-6,8-10H,2,4H2,1H3. The first-order valence-corrected chi connectivity index (χ1v) is 3.57. The number of ether oxygens (including phenoxy) is 1. The largest absolute Gasteiger partial charge is 0.547 e. The number of rotatable bonds is 7. The second-order valence-electron chi connectivity index (χ2n) is 2.19. The van der Waals surface area contributed by atoms with E-state index in [1.54, 1.807) is 0 Å². The number of epoxide rings is 1. The Kier molecular flexibility index (Phi) is 4.40. The van der Waals surface area contributed by atoms with Crippen LogP contribution >= 0.6 is 0 Å². The van der Waals surface area contributed by atoms with Crippen molar-refractivity contribution in [2.75, 3.05) is 13.7 Å². The van der Waals surface area contributed by atoms with Gasteiger partial charge in [-0.05, 0) is 10.3 Å². The van der Waals surface area contributed by atoms with Gasteiger partial charge in [-0.3, -0.25) is 0 Å². The molecule has 0 aromatic carbocycles. The Morgan fingerprint density at radius 3 is 2.92 bits per heavy atom. The predicted octanol–water partition coefficient (Wildman–Crippen LogP) is -5.24. The molecule has 1 aliphatic rings. The first-order chi connectivity index (χ1) is 6.27. The van der Waals surface area contributed by atoms with Crippen LogP contribution in [-0.4, -0.2) is 19.9 Å². The maximum absolute atomic E-state index is 11.0. The summed E-state index contributed by atoms with van der Waals surface area (Å²) in [6.45, 7) is 0.592. The maximum Gasteiger partial charge on any atom is 0.146 e. The normalized spacial score (nSPS) is 25.6. The molecule has 7 N–H and O–H groups in total. The summed E-state index contributed by atoms with van der Waals surface area (Å²) >= 11 is 0. The van der Waals surface area contributed by atoms with Crippen molar-refractivity contribution in [1.82, 2.24) is 16.4 Å². The second kappa shape index (κ2) is 5.36. The van der Waals surface area contributed by atoms with Gasteiger partial charge >= 0.3 is 0 Å². The highest BCUT2D eigenvalue weighted by Gasteiger charge is 2.22. The molecule has 0 aromatic rings. The van der Waals surface area contributed by atoms with E-state index in [4.69, 9.17) is 10.6 Å². The van der Waals surface area contributed by atoms with Gasteiger partial charge in [0.05, 0.1) is 6.61 Å². The van der Waals surface area contributed by atoms with Crippen molar-refractivity contribution in [3.05, 3.63) is 10.7 Å². The van der Waals surface area contributed by atoms with Gasteiger partial charge in [0.1, 0.15) is 6.23 Å². The predicted molar refractivity (Wildman–Crippen MR) is 39.0 cm³/mol. The van der Waals surface area contributed by atoms with Crippen LogP contribution in [0.5, 0.6) is 0 Å². The number of nitrogens with one attached hydrogen (secondary N) is 5. The minimum Gasteiger partial charge on any atom is -0.547 e. The lowest BCUT2D eigenvalue weighted by Gasteiger charge is -2.30. The minimum absolute atomic E-state index is 0.0778. The third kappa shape index (κ3) is 3.88. The zero-order valence-corrected chi connectivity index (χ0v) is 7.03. The van der Waals surface area contributed by atoms with Crippen molar-refractivity contribution >= 4 is 0 Å². The van der Waals surface area contributed by atoms with Crippen LogP contribution < -0.4 is 32.8 Å². The molecule has 0 aliphatic carbocycles. The van der Waals surface area contributed by atoms with Gasteiger partial charge in [0.2, 0.25) is 0 Å². The number of quaternary nitrogens is 2. The second-order valence-corrected chi connectivity index (χ2v) is 2.19. The molecule has 3 atom stereocenters. The molecule has 1 heterocycles. The van der Waals surface area contributed by atoms with Crippen molar-refractivity contribution < 1.29 is 20.2 Å². The van der Waals surface area contributed by atoms with Gasteiger partial charge in [-0.25, -0.2) is 0 Å². The molecule has 1 rings (SSSR count). The molecule has 0 bridgehead atoms. The van der Waals surface area contributed by atoms with E-state index in [-0.39, 0.29) is 11.5 Å². The minimum atomic E-state index is -0.710. The molecule has 1 aliphatic heterocycles. The lowest BCUT2D eigenvalue weighted by Crippen LogP contribution is -3.59. The van der Waals surface area contributed by atoms with E-state index in [0.717, 1.165) is 0 Å². The quantitative estimate of drug-likeness (QED) is 0.136. The zero-order chi connectivity index (χ0) is 9.68. The molecule has 10 heteroatoms. The van der Waals surface area contributed by atoms with Gasteiger partial charge in [0.15, 0.2) is 0 Å². The van der Waals surface area contributed by atoms with Crippen molar-refractivity contribution in [2.24, 2.45) is 5.84 Å². The van der Waals surface area contributed by atoms with Crippen LogP contribution in [0, 0.1) is 5.21 Å². The molecular formula is C3H13N7O3. The molecule has 78 valence electrons. The summed E-state index contributed by atoms with van der Waals surface area (Å²) in [5.41, 5.74) is 10.4. The smallest absolute Gasteiger partial charge is 0.146 e. The Hall–Kier alpha value is -0.400. The van der Waals surface area contributed by atoms with Crippen LogP contribution in [0.1, 0.15) is 0 Å². The average Bonchev–Trinajstić information content (AvgIpc) is 2.90. The number of nitrogens with two attached hydrogens (primary N) is 1. The molecule has 10 nitrogen and oxygen atoms in total. The molecule has 13 heavy (non-hydrogen) atoms. The SMILES string of the molecule is CN[NH+]([N-]N)[NH+]([O-])ONNC1CO1. The molecule has 0 amide bonds. The van der Waals surface area contributed by atoms with E-state index in [1.165, 1.54) is 7.05 Å². The van der Waals surface area contributed by atoms with Crippen LogP contribution in [-0.2, 0) is 9.68 Å². The van der Waals surface area contributed by atoms with Crippen molar-refractivity contribution in [3.63, 3.8) is 0 Å². The van der Waals surface area contributed by atoms with Gasteiger partial charge in [-0.1, -0.05) is 5.59 Å². The molecule has 3 unspecified atom stereocenters. The summed E-state index contributed by atoms with van der Waals surface area (Å²) in [5.74, 6) is 4.88. The summed E-state index contributed by atoms with van der Waals surface area (Å²) in [7, 11) is 1.50. The molecule has 0 radical (unpaired) electrons. The van der Waals surface area contributed by atoms with Gasteiger partial charge in [0, 0.05) is 7.05 Å². The van der Waals surface area contributed by atoms with E-state index < -0.39 is 5.34 Å². The van der Waals surface area contributed by atoms with E-state index in [1.807, 2.05) is 0 Å². The highest BCUT2D eigenvalue weighted by molar-refractivity contribution is 4.59. The van der Waals surface area contributed by atoms with Crippen LogP contribution in [0.3, 0.4) is 0 Å². The Morgan fingerprint density at radius 1 is 1.77 bits per heavy atom. The molecule has 0 aromatic heterocycles. The third-order valence-electron chi connectivity index (χ3n) is 1.26. The van der Waals surface area contributed by atoms with Gasteiger partial charge in [-0.15, -0.1) is 10.7 Å². The molecule has 1 fully saturated rings. The lowest BCUT2D eigenvalue weighted by molar-refractivity contribution is -1.56. The number of hydrogen-bond donors (Lipinski definition) is 6. The van der Waals surface area contributed by atoms with E-state index in [0.29, 0.717) is 6.61 Å². The fourth-order valence-corrected chi connectivity index (χ4v) is 0.541. The van der Waals surface area contributed by atoms with Crippen LogP contribution in [0.2, 0.25) is 0 Å². The lowest BCUT2D eigenvalue weighted by atomic mass is 10.8. The van der Waals surface area contributed by atoms with Crippen LogP contribution in [0.25, 0.3) is 5.53 Å². The number of hydrazine groups is 1. The Morgan fingerprint density at radius 2 is 2.46 bits per heavy atom. The summed E-state index contributed by atoms with van der Waals surface area (Å²) in [4.78, 5) is 4.48. The number of hydrogen-bond acceptors (Lipinski definition) is 7. The van der Waals surface area contributed by atoms with E-state index >= 15 is 0 Å². The van der Waals surface area contributed by atoms with Gasteiger partial charge in [-0.2, -0.15) is 5.43 Å². The monoisotopic (exact) mass is 195 g/mol. The highest BCUT2D eigenvalue weighted by Crippen LogP contribution is 2.00. The van der Waals surface area contributed by atoms with Gasteiger partial charge in [0.25, 0.3) is 0 Å². The van der Waals surface area contributed by atoms with E-state index in [9.17, 15) is 5.21 Å². The fourth-order valence-electron chi connectivity index (χ4n) is 0.541. The Labute approximate surface area is 74.3 Å². The fraction of sp³-hybridized carbons (Fsp3) is 1.00. The Bertz CT molecular complexity index is 139. The summed E-state index contributed by atoms with van der Waals surface area (Å²) < 4.78 is 4.77. The highest BCUT2D eigenvalue weighted by atomic mass is 17.0. The summed E-state index contributed by atoms with van der Waals surface area (Å²) in [6, 6.07) is 0. The summed E-state index contributed by atoms with van der Waals surface area (Å²) in [5, 5.41) is 10.2. The van der Waals surface area contributed by atoms with Crippen molar-refractivity contribution in [3.8, 4) is 0 Å². The van der Waals surface area contributed by atoms with Crippen molar-refractivity contribution in [1.29, 1.82) is 0 Å². The Balaban J connectivity index is 2.03. The average molecular weight is 195 g/mol. The number of nitrogens with zero attached hydrogens (tertiary/aromatic N) is 1. The molecule has 1 saturated heterocycles. The van der Waals surface area contributed by atoms with Crippen molar-refractivity contribution in [2.45, 2.75) is 6.23 Å². The third-order valence-corrected chi connectivity index (χ3v) is 1.26. The first kappa shape index (κ1) is 10.7. The van der Waals surface area contributed by atoms with Gasteiger partial charge < -0.3 is 21.3 Å². The molecule has 0 saturated carbocycles. The van der Waals surface area contributed by atoms with E-state index in [2.05, 4.69) is 26.9 Å². The first-order valence-electron chi connectivity index (χ1n) is 3.57. The summed E-state index contributed by atoms with van der Waals surface area (Å²) in [6.07, 6.45) is -0.0966. The van der Waals surface area contributed by atoms with Crippen LogP contribution in [0.4, 0.5) is 0 Å². The topological polar surface area (TPSA) is 130 Å². The maximum atomic E-state index is 11.0. The van der Waals surface area contributed by atoms with Crippen LogP contribution in [0.15, 0.2) is 0 Å². The molecule has 0 spiro atoms. The zero-order valence-electron chi connectivity index (χ0n) is 7.03.